The van der Waals surface area contributed by atoms with Crippen LogP contribution in [0, 0.1) is 0 Å². The number of carbonyl (C=O) groups is 1. The predicted molar refractivity (Wildman–Crippen MR) is 88.4 cm³/mol. The fraction of sp³-hybridized carbons (Fsp3) is 0.176. The van der Waals surface area contributed by atoms with Crippen LogP contribution in [0.3, 0.4) is 0 Å². The van der Waals surface area contributed by atoms with Gasteiger partial charge < -0.3 is 10.1 Å². The van der Waals surface area contributed by atoms with E-state index in [0.29, 0.717) is 6.42 Å². The first-order valence-corrected chi connectivity index (χ1v) is 6.95. The van der Waals surface area contributed by atoms with Crippen LogP contribution < -0.4 is 10.1 Å². The van der Waals surface area contributed by atoms with E-state index in [-0.39, 0.29) is 6.03 Å². The molecule has 0 saturated carbocycles. The number of ether oxygens (including phenoxy) is 1. The number of nitrogens with one attached hydrogen (secondary N) is 1. The summed E-state index contributed by atoms with van der Waals surface area (Å²) in [6.07, 6.45) is 2.27. The van der Waals surface area contributed by atoms with Crippen molar-refractivity contribution in [3.05, 3.63) is 60.2 Å². The molecule has 5 heteroatoms. The SMILES string of the molecule is COc1ccccc1C/C=N/N(C)C(=O)Nc1ccccc1. The third kappa shape index (κ3) is 4.34. The Balaban J connectivity index is 1.91. The molecule has 0 aromatic heterocycles. The molecule has 2 aromatic rings. The van der Waals surface area contributed by atoms with Gasteiger partial charge in [-0.1, -0.05) is 36.4 Å². The van der Waals surface area contributed by atoms with Crippen molar-refractivity contribution in [1.82, 2.24) is 5.01 Å². The quantitative estimate of drug-likeness (QED) is 0.679. The topological polar surface area (TPSA) is 53.9 Å². The van der Waals surface area contributed by atoms with E-state index in [1.807, 2.05) is 54.6 Å². The summed E-state index contributed by atoms with van der Waals surface area (Å²) in [5.41, 5.74) is 1.75. The summed E-state index contributed by atoms with van der Waals surface area (Å²) in [5, 5.41) is 8.16. The molecule has 0 aliphatic heterocycles. The van der Waals surface area contributed by atoms with E-state index in [4.69, 9.17) is 4.74 Å². The Hall–Kier alpha value is -2.82. The second-order valence-electron chi connectivity index (χ2n) is 4.63. The van der Waals surface area contributed by atoms with Crippen molar-refractivity contribution in [3.8, 4) is 5.75 Å². The molecule has 0 fully saturated rings. The van der Waals surface area contributed by atoms with E-state index in [9.17, 15) is 4.79 Å². The Labute approximate surface area is 130 Å². The number of anilines is 1. The molecule has 22 heavy (non-hydrogen) atoms. The van der Waals surface area contributed by atoms with Crippen LogP contribution in [0.15, 0.2) is 59.7 Å². The maximum Gasteiger partial charge on any atom is 0.341 e. The molecule has 0 saturated heterocycles. The zero-order valence-electron chi connectivity index (χ0n) is 12.7. The van der Waals surface area contributed by atoms with E-state index in [2.05, 4.69) is 10.4 Å². The van der Waals surface area contributed by atoms with E-state index in [1.54, 1.807) is 20.4 Å². The third-order valence-electron chi connectivity index (χ3n) is 3.08. The molecular weight excluding hydrogens is 278 g/mol. The van der Waals surface area contributed by atoms with Crippen molar-refractivity contribution in [2.75, 3.05) is 19.5 Å². The smallest absolute Gasteiger partial charge is 0.341 e. The largest absolute Gasteiger partial charge is 0.496 e. The van der Waals surface area contributed by atoms with Crippen LogP contribution in [0.5, 0.6) is 5.75 Å². The van der Waals surface area contributed by atoms with Crippen LogP contribution in [0.4, 0.5) is 10.5 Å². The lowest BCUT2D eigenvalue weighted by Crippen LogP contribution is -2.27. The number of amides is 2. The van der Waals surface area contributed by atoms with Gasteiger partial charge in [0.2, 0.25) is 0 Å². The van der Waals surface area contributed by atoms with Gasteiger partial charge in [-0.05, 0) is 23.8 Å². The maximum atomic E-state index is 12.0. The summed E-state index contributed by atoms with van der Waals surface area (Å²) in [4.78, 5) is 12.0. The number of hydrogen-bond acceptors (Lipinski definition) is 3. The van der Waals surface area contributed by atoms with Crippen molar-refractivity contribution < 1.29 is 9.53 Å². The van der Waals surface area contributed by atoms with E-state index < -0.39 is 0 Å². The Morgan fingerprint density at radius 1 is 1.18 bits per heavy atom. The minimum Gasteiger partial charge on any atom is -0.496 e. The van der Waals surface area contributed by atoms with Gasteiger partial charge >= 0.3 is 6.03 Å². The molecule has 0 aliphatic carbocycles. The number of hydrazone groups is 1. The summed E-state index contributed by atoms with van der Waals surface area (Å²) in [6, 6.07) is 16.7. The number of rotatable bonds is 5. The molecule has 2 rings (SSSR count). The molecule has 114 valence electrons. The number of benzene rings is 2. The van der Waals surface area contributed by atoms with Crippen molar-refractivity contribution in [2.45, 2.75) is 6.42 Å². The van der Waals surface area contributed by atoms with Gasteiger partial charge in [-0.25, -0.2) is 9.80 Å². The Bertz CT molecular complexity index is 641. The minimum absolute atomic E-state index is 0.289. The molecule has 0 radical (unpaired) electrons. The van der Waals surface area contributed by atoms with Gasteiger partial charge in [0.05, 0.1) is 7.11 Å². The lowest BCUT2D eigenvalue weighted by atomic mass is 10.1. The van der Waals surface area contributed by atoms with E-state index in [1.165, 1.54) is 5.01 Å². The molecule has 5 nitrogen and oxygen atoms in total. The number of para-hydroxylation sites is 2. The highest BCUT2D eigenvalue weighted by atomic mass is 16.5. The first-order chi connectivity index (χ1) is 10.7. The molecular formula is C17H19N3O2. The van der Waals surface area contributed by atoms with Gasteiger partial charge in [0.15, 0.2) is 0 Å². The standard InChI is InChI=1S/C17H19N3O2/c1-20(17(21)19-15-9-4-3-5-10-15)18-13-12-14-8-6-7-11-16(14)22-2/h3-11,13H,12H2,1-2H3,(H,19,21)/b18-13+. The zero-order valence-corrected chi connectivity index (χ0v) is 12.7. The molecule has 0 spiro atoms. The Morgan fingerprint density at radius 2 is 1.86 bits per heavy atom. The highest BCUT2D eigenvalue weighted by molar-refractivity contribution is 5.89. The molecule has 0 aliphatic rings. The minimum atomic E-state index is -0.289. The van der Waals surface area contributed by atoms with Crippen molar-refractivity contribution >= 4 is 17.9 Å². The first kappa shape index (κ1) is 15.6. The van der Waals surface area contributed by atoms with Crippen molar-refractivity contribution in [1.29, 1.82) is 0 Å². The van der Waals surface area contributed by atoms with Crippen LogP contribution in [-0.2, 0) is 6.42 Å². The monoisotopic (exact) mass is 297 g/mol. The van der Waals surface area contributed by atoms with Gasteiger partial charge in [-0.2, -0.15) is 5.10 Å². The summed E-state index contributed by atoms with van der Waals surface area (Å²) in [6.45, 7) is 0. The Morgan fingerprint density at radius 3 is 2.59 bits per heavy atom. The van der Waals surface area contributed by atoms with Gasteiger partial charge in [0, 0.05) is 25.4 Å². The van der Waals surface area contributed by atoms with Crippen LogP contribution >= 0.6 is 0 Å². The van der Waals surface area contributed by atoms with E-state index >= 15 is 0 Å². The predicted octanol–water partition coefficient (Wildman–Crippen LogP) is 3.39. The van der Waals surface area contributed by atoms with Crippen LogP contribution in [-0.4, -0.2) is 31.4 Å². The summed E-state index contributed by atoms with van der Waals surface area (Å²) < 4.78 is 5.27. The molecule has 2 aromatic carbocycles. The molecule has 1 N–H and O–H groups in total. The average Bonchev–Trinajstić information content (AvgIpc) is 2.56. The zero-order chi connectivity index (χ0) is 15.8. The number of urea groups is 1. The van der Waals surface area contributed by atoms with Gasteiger partial charge in [-0.3, -0.25) is 0 Å². The second-order valence-corrected chi connectivity index (χ2v) is 4.63. The fourth-order valence-corrected chi connectivity index (χ4v) is 1.91. The van der Waals surface area contributed by atoms with Crippen LogP contribution in [0.2, 0.25) is 0 Å². The molecule has 0 bridgehead atoms. The normalized spacial score (nSPS) is 10.5. The summed E-state index contributed by atoms with van der Waals surface area (Å²) in [7, 11) is 3.24. The number of nitrogens with zero attached hydrogens (tertiary/aromatic N) is 2. The highest BCUT2D eigenvalue weighted by Gasteiger charge is 2.06. The van der Waals surface area contributed by atoms with Gasteiger partial charge in [0.1, 0.15) is 5.75 Å². The summed E-state index contributed by atoms with van der Waals surface area (Å²) >= 11 is 0. The second kappa shape index (κ2) is 7.83. The number of methoxy groups -OCH3 is 1. The van der Waals surface area contributed by atoms with Gasteiger partial charge in [0.25, 0.3) is 0 Å². The Kier molecular flexibility index (Phi) is 5.54. The molecule has 2 amide bonds. The number of carbonyl (C=O) groups excluding carboxylic acids is 1. The van der Waals surface area contributed by atoms with Crippen molar-refractivity contribution in [3.63, 3.8) is 0 Å². The lowest BCUT2D eigenvalue weighted by molar-refractivity contribution is 0.224. The fourth-order valence-electron chi connectivity index (χ4n) is 1.91. The van der Waals surface area contributed by atoms with Crippen LogP contribution in [0.25, 0.3) is 0 Å². The first-order valence-electron chi connectivity index (χ1n) is 6.95. The summed E-state index contributed by atoms with van der Waals surface area (Å²) in [5.74, 6) is 0.811. The molecule has 0 heterocycles. The third-order valence-corrected chi connectivity index (χ3v) is 3.08. The molecule has 0 unspecified atom stereocenters. The van der Waals surface area contributed by atoms with E-state index in [0.717, 1.165) is 17.0 Å². The average molecular weight is 297 g/mol. The maximum absolute atomic E-state index is 12.0. The van der Waals surface area contributed by atoms with Crippen LogP contribution in [0.1, 0.15) is 5.56 Å². The highest BCUT2D eigenvalue weighted by Crippen LogP contribution is 2.16. The van der Waals surface area contributed by atoms with Crippen molar-refractivity contribution in [2.24, 2.45) is 5.10 Å². The molecule has 0 atom stereocenters. The van der Waals surface area contributed by atoms with Gasteiger partial charge in [-0.15, -0.1) is 0 Å². The lowest BCUT2D eigenvalue weighted by Gasteiger charge is -2.12. The number of hydrogen-bond donors (Lipinski definition) is 1.